The minimum atomic E-state index is 0.674. The second-order valence-electron chi connectivity index (χ2n) is 7.94. The highest BCUT2D eigenvalue weighted by Crippen LogP contribution is 2.11. The Kier molecular flexibility index (Phi) is 9.12. The largest absolute Gasteiger partial charge is 0.357 e. The van der Waals surface area contributed by atoms with Crippen LogP contribution in [-0.4, -0.2) is 67.1 Å². The first kappa shape index (κ1) is 22.2. The first-order chi connectivity index (χ1) is 14.7. The normalized spacial score (nSPS) is 16.3. The predicted octanol–water partition coefficient (Wildman–Crippen LogP) is 2.52. The van der Waals surface area contributed by atoms with Gasteiger partial charge in [0.25, 0.3) is 0 Å². The van der Waals surface area contributed by atoms with Crippen LogP contribution in [0.4, 0.5) is 0 Å². The average Bonchev–Trinajstić information content (AvgIpc) is 2.98. The van der Waals surface area contributed by atoms with Crippen molar-refractivity contribution in [2.75, 3.05) is 46.3 Å². The number of rotatable bonds is 8. The molecule has 0 spiro atoms. The van der Waals surface area contributed by atoms with Gasteiger partial charge in [0.15, 0.2) is 5.96 Å². The number of hydrogen-bond acceptors (Lipinski definition) is 4. The molecule has 0 radical (unpaired) electrons. The highest BCUT2D eigenvalue weighted by Gasteiger charge is 2.12. The summed E-state index contributed by atoms with van der Waals surface area (Å²) >= 11 is 0. The number of nitrogens with zero attached hydrogens (tertiary/aromatic N) is 4. The van der Waals surface area contributed by atoms with Crippen LogP contribution in [0.25, 0.3) is 0 Å². The van der Waals surface area contributed by atoms with Crippen LogP contribution in [0.15, 0.2) is 53.7 Å². The van der Waals surface area contributed by atoms with Gasteiger partial charge in [-0.25, -0.2) is 4.99 Å². The molecule has 6 nitrogen and oxygen atoms in total. The molecule has 0 aliphatic carbocycles. The van der Waals surface area contributed by atoms with E-state index < -0.39 is 0 Å². The number of hydrogen-bond donors (Lipinski definition) is 2. The van der Waals surface area contributed by atoms with Gasteiger partial charge in [-0.15, -0.1) is 0 Å². The maximum Gasteiger partial charge on any atom is 0.191 e. The van der Waals surface area contributed by atoms with Crippen molar-refractivity contribution in [2.24, 2.45) is 4.99 Å². The summed E-state index contributed by atoms with van der Waals surface area (Å²) in [5, 5.41) is 6.72. The number of benzene rings is 1. The van der Waals surface area contributed by atoms with Gasteiger partial charge in [0.05, 0.1) is 6.54 Å². The third-order valence-corrected chi connectivity index (χ3v) is 5.40. The van der Waals surface area contributed by atoms with Crippen LogP contribution in [-0.2, 0) is 19.5 Å². The summed E-state index contributed by atoms with van der Waals surface area (Å²) in [4.78, 5) is 14.1. The lowest BCUT2D eigenvalue weighted by molar-refractivity contribution is 0.269. The molecule has 0 unspecified atom stereocenters. The SMILES string of the molecule is CCNC(=NCc1ccc(CN2CCCN(C)CC2)cc1)NCCc1ccccn1. The maximum atomic E-state index is 4.74. The summed E-state index contributed by atoms with van der Waals surface area (Å²) < 4.78 is 0. The Balaban J connectivity index is 1.47. The zero-order valence-corrected chi connectivity index (χ0v) is 18.5. The van der Waals surface area contributed by atoms with E-state index >= 15 is 0 Å². The quantitative estimate of drug-likeness (QED) is 0.519. The Hall–Kier alpha value is -2.44. The summed E-state index contributed by atoms with van der Waals surface area (Å²) in [6, 6.07) is 14.9. The van der Waals surface area contributed by atoms with E-state index in [0.717, 1.165) is 50.8 Å². The van der Waals surface area contributed by atoms with Gasteiger partial charge in [0.2, 0.25) is 0 Å². The summed E-state index contributed by atoms with van der Waals surface area (Å²) in [6.07, 6.45) is 3.97. The van der Waals surface area contributed by atoms with Crippen LogP contribution < -0.4 is 10.6 Å². The Labute approximate surface area is 181 Å². The average molecular weight is 409 g/mol. The minimum Gasteiger partial charge on any atom is -0.357 e. The standard InChI is InChI=1S/C24H36N6/c1-3-25-24(27-14-12-23-7-4-5-13-26-23)28-19-21-8-10-22(11-9-21)20-30-16-6-15-29(2)17-18-30/h4-5,7-11,13H,3,6,12,14-20H2,1-2H3,(H2,25,27,28). The fourth-order valence-electron chi connectivity index (χ4n) is 3.63. The third kappa shape index (κ3) is 7.76. The van der Waals surface area contributed by atoms with E-state index in [-0.39, 0.29) is 0 Å². The molecule has 1 fully saturated rings. The molecule has 0 atom stereocenters. The van der Waals surface area contributed by atoms with Gasteiger partial charge in [-0.1, -0.05) is 30.3 Å². The zero-order chi connectivity index (χ0) is 21.0. The summed E-state index contributed by atoms with van der Waals surface area (Å²) in [5.41, 5.74) is 3.71. The van der Waals surface area contributed by atoms with Crippen molar-refractivity contribution in [3.8, 4) is 0 Å². The highest BCUT2D eigenvalue weighted by molar-refractivity contribution is 5.79. The minimum absolute atomic E-state index is 0.674. The molecule has 2 aromatic rings. The van der Waals surface area contributed by atoms with Crippen molar-refractivity contribution < 1.29 is 0 Å². The van der Waals surface area contributed by atoms with E-state index in [9.17, 15) is 0 Å². The van der Waals surface area contributed by atoms with Crippen molar-refractivity contribution >= 4 is 5.96 Å². The lowest BCUT2D eigenvalue weighted by atomic mass is 10.1. The molecule has 3 rings (SSSR count). The van der Waals surface area contributed by atoms with E-state index in [1.54, 1.807) is 0 Å². The Bertz CT molecular complexity index is 759. The van der Waals surface area contributed by atoms with Crippen LogP contribution in [0, 0.1) is 0 Å². The van der Waals surface area contributed by atoms with E-state index in [2.05, 4.69) is 69.7 Å². The third-order valence-electron chi connectivity index (χ3n) is 5.40. The van der Waals surface area contributed by atoms with E-state index in [0.29, 0.717) is 6.54 Å². The molecule has 162 valence electrons. The van der Waals surface area contributed by atoms with Crippen molar-refractivity contribution in [1.82, 2.24) is 25.4 Å². The van der Waals surface area contributed by atoms with Crippen molar-refractivity contribution in [2.45, 2.75) is 32.9 Å². The van der Waals surface area contributed by atoms with Crippen LogP contribution in [0.2, 0.25) is 0 Å². The molecule has 0 saturated carbocycles. The molecule has 30 heavy (non-hydrogen) atoms. The molecule has 2 heterocycles. The number of pyridine rings is 1. The van der Waals surface area contributed by atoms with Crippen LogP contribution in [0.3, 0.4) is 0 Å². The van der Waals surface area contributed by atoms with Crippen molar-refractivity contribution in [3.63, 3.8) is 0 Å². The van der Waals surface area contributed by atoms with E-state index in [4.69, 9.17) is 4.99 Å². The Morgan fingerprint density at radius 3 is 2.60 bits per heavy atom. The fourth-order valence-corrected chi connectivity index (χ4v) is 3.63. The predicted molar refractivity (Wildman–Crippen MR) is 125 cm³/mol. The van der Waals surface area contributed by atoms with E-state index in [1.165, 1.54) is 30.6 Å². The maximum absolute atomic E-state index is 4.74. The molecule has 1 aliphatic rings. The zero-order valence-electron chi connectivity index (χ0n) is 18.5. The Morgan fingerprint density at radius 1 is 1.00 bits per heavy atom. The van der Waals surface area contributed by atoms with Gasteiger partial charge in [-0.3, -0.25) is 9.88 Å². The second kappa shape index (κ2) is 12.3. The summed E-state index contributed by atoms with van der Waals surface area (Å²) in [6.45, 7) is 10.2. The first-order valence-electron chi connectivity index (χ1n) is 11.1. The molecule has 1 aliphatic heterocycles. The number of likely N-dealkylation sites (N-methyl/N-ethyl adjacent to an activating group) is 1. The van der Waals surface area contributed by atoms with Crippen LogP contribution in [0.1, 0.15) is 30.2 Å². The van der Waals surface area contributed by atoms with Crippen LogP contribution in [0.5, 0.6) is 0 Å². The molecule has 1 aromatic heterocycles. The smallest absolute Gasteiger partial charge is 0.191 e. The van der Waals surface area contributed by atoms with Crippen molar-refractivity contribution in [3.05, 3.63) is 65.5 Å². The first-order valence-corrected chi connectivity index (χ1v) is 11.1. The van der Waals surface area contributed by atoms with E-state index in [1.807, 2.05) is 18.3 Å². The summed E-state index contributed by atoms with van der Waals surface area (Å²) in [5.74, 6) is 0.853. The second-order valence-corrected chi connectivity index (χ2v) is 7.94. The number of nitrogens with one attached hydrogen (secondary N) is 2. The topological polar surface area (TPSA) is 55.8 Å². The molecule has 6 heteroatoms. The number of aromatic nitrogens is 1. The highest BCUT2D eigenvalue weighted by atomic mass is 15.2. The lowest BCUT2D eigenvalue weighted by Crippen LogP contribution is -2.38. The lowest BCUT2D eigenvalue weighted by Gasteiger charge is -2.20. The molecule has 0 amide bonds. The number of aliphatic imine (C=N–C) groups is 1. The monoisotopic (exact) mass is 408 g/mol. The molecular formula is C24H36N6. The van der Waals surface area contributed by atoms with Gasteiger partial charge in [-0.05, 0) is 56.7 Å². The fraction of sp³-hybridized carbons (Fsp3) is 0.500. The molecule has 0 bridgehead atoms. The molecular weight excluding hydrogens is 372 g/mol. The van der Waals surface area contributed by atoms with Gasteiger partial charge in [0, 0.05) is 51.0 Å². The summed E-state index contributed by atoms with van der Waals surface area (Å²) in [7, 11) is 2.22. The van der Waals surface area contributed by atoms with Gasteiger partial charge in [0.1, 0.15) is 0 Å². The van der Waals surface area contributed by atoms with Crippen LogP contribution >= 0.6 is 0 Å². The number of guanidine groups is 1. The van der Waals surface area contributed by atoms with Gasteiger partial charge in [-0.2, -0.15) is 0 Å². The molecule has 1 saturated heterocycles. The molecule has 1 aromatic carbocycles. The molecule has 2 N–H and O–H groups in total. The Morgan fingerprint density at radius 2 is 1.83 bits per heavy atom. The van der Waals surface area contributed by atoms with Gasteiger partial charge >= 0.3 is 0 Å². The van der Waals surface area contributed by atoms with Crippen molar-refractivity contribution in [1.29, 1.82) is 0 Å². The van der Waals surface area contributed by atoms with Gasteiger partial charge < -0.3 is 15.5 Å².